The summed E-state index contributed by atoms with van der Waals surface area (Å²) in [7, 11) is -2.27. The highest BCUT2D eigenvalue weighted by molar-refractivity contribution is 7.89. The number of carbonyl (C=O) groups excluding carboxylic acids is 1. The number of hydrogen-bond acceptors (Lipinski definition) is 7. The maximum absolute atomic E-state index is 13.9. The van der Waals surface area contributed by atoms with Crippen LogP contribution in [0.2, 0.25) is 0 Å². The van der Waals surface area contributed by atoms with E-state index in [1.807, 2.05) is 24.3 Å². The fraction of sp³-hybridized carbons (Fsp3) is 0.269. The average Bonchev–Trinajstić information content (AvgIpc) is 3.35. The highest BCUT2D eigenvalue weighted by Crippen LogP contribution is 2.34. The number of hydrogen-bond donors (Lipinski definition) is 0. The molecule has 2 aromatic heterocycles. The molecule has 4 aromatic rings. The Morgan fingerprint density at radius 1 is 1.22 bits per heavy atom. The van der Waals surface area contributed by atoms with E-state index in [2.05, 4.69) is 4.98 Å². The van der Waals surface area contributed by atoms with Gasteiger partial charge in [0, 0.05) is 25.5 Å². The van der Waals surface area contributed by atoms with Gasteiger partial charge >= 0.3 is 0 Å². The Labute approximate surface area is 218 Å². The van der Waals surface area contributed by atoms with Crippen LogP contribution in [-0.2, 0) is 21.4 Å². The van der Waals surface area contributed by atoms with Crippen molar-refractivity contribution in [3.63, 3.8) is 0 Å². The molecule has 2 aromatic carbocycles. The first-order valence-corrected chi connectivity index (χ1v) is 14.0. The Balaban J connectivity index is 1.45. The standard InChI is InChI=1S/C26H25FN4O4S2/c1-35-21-8-11-23-24(14-21)36-26(29-23)31(16-18-4-2-12-28-15-18)25(32)19-5-3-13-30(17-19)37(33,34)22-9-6-20(27)7-10-22/h2,4,6-12,14-15,19H,3,5,13,16-17H2,1H3. The number of amides is 1. The van der Waals surface area contributed by atoms with Gasteiger partial charge in [-0.25, -0.2) is 17.8 Å². The van der Waals surface area contributed by atoms with Gasteiger partial charge in [-0.1, -0.05) is 17.4 Å². The molecular weight excluding hydrogens is 515 g/mol. The van der Waals surface area contributed by atoms with E-state index in [9.17, 15) is 17.6 Å². The molecule has 3 heterocycles. The van der Waals surface area contributed by atoms with Crippen LogP contribution in [0.15, 0.2) is 71.9 Å². The molecule has 1 amide bonds. The largest absolute Gasteiger partial charge is 0.497 e. The maximum atomic E-state index is 13.9. The van der Waals surface area contributed by atoms with Crippen molar-refractivity contribution in [2.45, 2.75) is 24.3 Å². The lowest BCUT2D eigenvalue weighted by molar-refractivity contribution is -0.123. The van der Waals surface area contributed by atoms with Gasteiger partial charge < -0.3 is 4.74 Å². The topological polar surface area (TPSA) is 92.7 Å². The summed E-state index contributed by atoms with van der Waals surface area (Å²) in [5.74, 6) is -0.567. The molecule has 0 radical (unpaired) electrons. The molecule has 0 bridgehead atoms. The van der Waals surface area contributed by atoms with E-state index in [4.69, 9.17) is 9.72 Å². The first kappa shape index (κ1) is 25.2. The average molecular weight is 541 g/mol. The molecule has 1 unspecified atom stereocenters. The number of fused-ring (bicyclic) bond motifs is 1. The second kappa shape index (κ2) is 10.5. The molecule has 0 aliphatic carbocycles. The number of benzene rings is 2. The highest BCUT2D eigenvalue weighted by Gasteiger charge is 2.36. The van der Waals surface area contributed by atoms with Crippen molar-refractivity contribution in [2.75, 3.05) is 25.1 Å². The molecule has 37 heavy (non-hydrogen) atoms. The molecule has 11 heteroatoms. The number of thiazole rings is 1. The minimum atomic E-state index is -3.86. The number of carbonyl (C=O) groups is 1. The van der Waals surface area contributed by atoms with Crippen LogP contribution >= 0.6 is 11.3 Å². The Hall–Kier alpha value is -3.41. The summed E-state index contributed by atoms with van der Waals surface area (Å²) in [6, 6.07) is 14.0. The Kier molecular flexibility index (Phi) is 7.18. The molecule has 1 aliphatic heterocycles. The number of rotatable bonds is 7. The van der Waals surface area contributed by atoms with Gasteiger partial charge in [-0.05, 0) is 66.9 Å². The lowest BCUT2D eigenvalue weighted by Crippen LogP contribution is -2.46. The SMILES string of the molecule is COc1ccc2nc(N(Cc3cccnc3)C(=O)C3CCCN(S(=O)(=O)c4ccc(F)cc4)C3)sc2c1. The Morgan fingerprint density at radius 2 is 2.03 bits per heavy atom. The lowest BCUT2D eigenvalue weighted by Gasteiger charge is -2.33. The van der Waals surface area contributed by atoms with Crippen molar-refractivity contribution in [1.29, 1.82) is 0 Å². The summed E-state index contributed by atoms with van der Waals surface area (Å²) >= 11 is 1.38. The van der Waals surface area contributed by atoms with E-state index >= 15 is 0 Å². The van der Waals surface area contributed by atoms with Gasteiger partial charge in [0.05, 0.1) is 34.7 Å². The van der Waals surface area contributed by atoms with Crippen LogP contribution < -0.4 is 9.64 Å². The van der Waals surface area contributed by atoms with E-state index in [0.717, 1.165) is 27.9 Å². The fourth-order valence-corrected chi connectivity index (χ4v) is 6.91. The molecule has 1 aliphatic rings. The zero-order valence-electron chi connectivity index (χ0n) is 20.1. The third kappa shape index (κ3) is 5.34. The maximum Gasteiger partial charge on any atom is 0.243 e. The number of anilines is 1. The molecule has 0 saturated carbocycles. The predicted molar refractivity (Wildman–Crippen MR) is 139 cm³/mol. The second-order valence-electron chi connectivity index (χ2n) is 8.77. The number of halogens is 1. The van der Waals surface area contributed by atoms with Crippen LogP contribution in [0, 0.1) is 11.7 Å². The summed E-state index contributed by atoms with van der Waals surface area (Å²) < 4.78 is 47.3. The fourth-order valence-electron chi connectivity index (χ4n) is 4.39. The molecule has 1 atom stereocenters. The van der Waals surface area contributed by atoms with Crippen molar-refractivity contribution in [3.05, 3.63) is 78.4 Å². The van der Waals surface area contributed by atoms with Gasteiger partial charge in [-0.15, -0.1) is 0 Å². The summed E-state index contributed by atoms with van der Waals surface area (Å²) in [4.78, 5) is 24.4. The molecule has 5 rings (SSSR count). The van der Waals surface area contributed by atoms with Crippen LogP contribution in [0.25, 0.3) is 10.2 Å². The van der Waals surface area contributed by atoms with Crippen LogP contribution in [-0.4, -0.2) is 48.8 Å². The predicted octanol–water partition coefficient (Wildman–Crippen LogP) is 4.47. The normalized spacial score (nSPS) is 16.5. The van der Waals surface area contributed by atoms with Crippen LogP contribution in [0.3, 0.4) is 0 Å². The molecular formula is C26H25FN4O4S2. The van der Waals surface area contributed by atoms with Crippen LogP contribution in [0.5, 0.6) is 5.75 Å². The lowest BCUT2D eigenvalue weighted by atomic mass is 9.98. The van der Waals surface area contributed by atoms with E-state index in [1.165, 1.54) is 27.8 Å². The summed E-state index contributed by atoms with van der Waals surface area (Å²) in [5, 5.41) is 0.524. The number of sulfonamides is 1. The summed E-state index contributed by atoms with van der Waals surface area (Å²) in [6.07, 6.45) is 4.45. The van der Waals surface area contributed by atoms with Crippen molar-refractivity contribution < 1.29 is 22.3 Å². The zero-order valence-corrected chi connectivity index (χ0v) is 21.7. The number of nitrogens with zero attached hydrogens (tertiary/aromatic N) is 4. The van der Waals surface area contributed by atoms with Gasteiger partial charge in [0.1, 0.15) is 11.6 Å². The van der Waals surface area contributed by atoms with E-state index in [0.29, 0.717) is 30.3 Å². The van der Waals surface area contributed by atoms with Crippen LogP contribution in [0.4, 0.5) is 9.52 Å². The number of aromatic nitrogens is 2. The summed E-state index contributed by atoms with van der Waals surface area (Å²) in [6.45, 7) is 0.596. The molecule has 1 fully saturated rings. The quantitative estimate of drug-likeness (QED) is 0.343. The zero-order chi connectivity index (χ0) is 26.0. The number of piperidine rings is 1. The van der Waals surface area contributed by atoms with E-state index < -0.39 is 21.8 Å². The Bertz CT molecular complexity index is 1510. The second-order valence-corrected chi connectivity index (χ2v) is 11.7. The molecule has 0 spiro atoms. The van der Waals surface area contributed by atoms with Crippen LogP contribution in [0.1, 0.15) is 18.4 Å². The van der Waals surface area contributed by atoms with Crippen molar-refractivity contribution in [1.82, 2.24) is 14.3 Å². The number of methoxy groups -OCH3 is 1. The third-order valence-corrected chi connectivity index (χ3v) is 9.25. The molecule has 1 saturated heterocycles. The van der Waals surface area contributed by atoms with Gasteiger partial charge in [0.15, 0.2) is 5.13 Å². The smallest absolute Gasteiger partial charge is 0.243 e. The summed E-state index contributed by atoms with van der Waals surface area (Å²) in [5.41, 5.74) is 1.58. The number of ether oxygens (including phenoxy) is 1. The molecule has 0 N–H and O–H groups in total. The minimum absolute atomic E-state index is 0.00864. The van der Waals surface area contributed by atoms with Crippen molar-refractivity contribution in [3.8, 4) is 5.75 Å². The Morgan fingerprint density at radius 3 is 2.76 bits per heavy atom. The first-order chi connectivity index (χ1) is 17.8. The van der Waals surface area contributed by atoms with E-state index in [-0.39, 0.29) is 23.9 Å². The third-order valence-electron chi connectivity index (χ3n) is 6.33. The molecule has 192 valence electrons. The highest BCUT2D eigenvalue weighted by atomic mass is 32.2. The first-order valence-electron chi connectivity index (χ1n) is 11.8. The monoisotopic (exact) mass is 540 g/mol. The van der Waals surface area contributed by atoms with Gasteiger partial charge in [-0.3, -0.25) is 14.7 Å². The van der Waals surface area contributed by atoms with Gasteiger partial charge in [0.2, 0.25) is 15.9 Å². The van der Waals surface area contributed by atoms with Gasteiger partial charge in [0.25, 0.3) is 0 Å². The van der Waals surface area contributed by atoms with Crippen molar-refractivity contribution in [2.24, 2.45) is 5.92 Å². The minimum Gasteiger partial charge on any atom is -0.497 e. The van der Waals surface area contributed by atoms with E-state index in [1.54, 1.807) is 30.5 Å². The number of pyridine rings is 1. The molecule has 8 nitrogen and oxygen atoms in total. The van der Waals surface area contributed by atoms with Gasteiger partial charge in [-0.2, -0.15) is 4.31 Å². The van der Waals surface area contributed by atoms with Crippen molar-refractivity contribution >= 4 is 42.6 Å².